The van der Waals surface area contributed by atoms with Crippen molar-refractivity contribution in [1.29, 1.82) is 0 Å². The molecule has 1 aliphatic carbocycles. The first-order chi connectivity index (χ1) is 8.36. The quantitative estimate of drug-likeness (QED) is 0.871. The van der Waals surface area contributed by atoms with Crippen LogP contribution >= 0.6 is 11.3 Å². The highest BCUT2D eigenvalue weighted by Crippen LogP contribution is 2.44. The van der Waals surface area contributed by atoms with Crippen molar-refractivity contribution in [3.63, 3.8) is 0 Å². The average molecular weight is 251 g/mol. The number of ether oxygens (including phenoxy) is 1. The zero-order valence-electron chi connectivity index (χ0n) is 10.5. The van der Waals surface area contributed by atoms with Gasteiger partial charge in [0.05, 0.1) is 6.61 Å². The van der Waals surface area contributed by atoms with E-state index in [9.17, 15) is 0 Å². The Labute approximate surface area is 107 Å². The molecule has 3 heteroatoms. The van der Waals surface area contributed by atoms with E-state index >= 15 is 0 Å². The number of hydrogen-bond acceptors (Lipinski definition) is 3. The highest BCUT2D eigenvalue weighted by atomic mass is 32.1. The molecule has 2 nitrogen and oxygen atoms in total. The van der Waals surface area contributed by atoms with Gasteiger partial charge >= 0.3 is 0 Å². The maximum absolute atomic E-state index is 6.14. The molecule has 1 aromatic heterocycles. The van der Waals surface area contributed by atoms with Crippen molar-refractivity contribution in [3.05, 3.63) is 21.9 Å². The molecule has 0 amide bonds. The minimum Gasteiger partial charge on any atom is -0.371 e. The molecule has 0 saturated heterocycles. The third-order valence-corrected chi connectivity index (χ3v) is 5.42. The molecule has 1 atom stereocenters. The topological polar surface area (TPSA) is 21.3 Å². The summed E-state index contributed by atoms with van der Waals surface area (Å²) in [5.74, 6) is 0. The molecule has 17 heavy (non-hydrogen) atoms. The van der Waals surface area contributed by atoms with Crippen LogP contribution in [0.25, 0.3) is 0 Å². The minimum absolute atomic E-state index is 0.189. The van der Waals surface area contributed by atoms with Gasteiger partial charge in [0.25, 0.3) is 0 Å². The molecule has 1 saturated carbocycles. The second-order valence-electron chi connectivity index (χ2n) is 5.27. The van der Waals surface area contributed by atoms with Gasteiger partial charge in [-0.15, -0.1) is 11.3 Å². The SMILES string of the molecule is CNC1(C2OCCc3sccc32)CCCCC1. The van der Waals surface area contributed by atoms with Crippen molar-refractivity contribution in [2.45, 2.75) is 50.2 Å². The van der Waals surface area contributed by atoms with Crippen LogP contribution in [0.2, 0.25) is 0 Å². The van der Waals surface area contributed by atoms with Crippen LogP contribution in [-0.4, -0.2) is 19.2 Å². The first-order valence-corrected chi connectivity index (χ1v) is 7.60. The molecule has 0 bridgehead atoms. The summed E-state index contributed by atoms with van der Waals surface area (Å²) in [5.41, 5.74) is 1.64. The second-order valence-corrected chi connectivity index (χ2v) is 6.27. The molecule has 3 rings (SSSR count). The van der Waals surface area contributed by atoms with E-state index in [0.717, 1.165) is 13.0 Å². The lowest BCUT2D eigenvalue weighted by atomic mass is 9.75. The largest absolute Gasteiger partial charge is 0.371 e. The normalized spacial score (nSPS) is 27.7. The monoisotopic (exact) mass is 251 g/mol. The third kappa shape index (κ3) is 1.94. The van der Waals surface area contributed by atoms with E-state index in [2.05, 4.69) is 23.8 Å². The van der Waals surface area contributed by atoms with Crippen LogP contribution in [0.15, 0.2) is 11.4 Å². The standard InChI is InChI=1S/C14H21NOS/c1-15-14(7-3-2-4-8-14)13-11-6-10-17-12(11)5-9-16-13/h6,10,13,15H,2-5,7-9H2,1H3. The van der Waals surface area contributed by atoms with Gasteiger partial charge in [-0.25, -0.2) is 0 Å². The summed E-state index contributed by atoms with van der Waals surface area (Å²) in [5, 5.41) is 5.82. The molecule has 0 aromatic carbocycles. The van der Waals surface area contributed by atoms with Crippen molar-refractivity contribution in [2.24, 2.45) is 0 Å². The van der Waals surface area contributed by atoms with Crippen LogP contribution in [0, 0.1) is 0 Å². The molecule has 2 heterocycles. The smallest absolute Gasteiger partial charge is 0.102 e. The van der Waals surface area contributed by atoms with Gasteiger partial charge in [-0.3, -0.25) is 0 Å². The fraction of sp³-hybridized carbons (Fsp3) is 0.714. The molecular weight excluding hydrogens is 230 g/mol. The summed E-state index contributed by atoms with van der Waals surface area (Å²) in [6, 6.07) is 2.28. The van der Waals surface area contributed by atoms with E-state index in [-0.39, 0.29) is 11.6 Å². The lowest BCUT2D eigenvalue weighted by Gasteiger charge is -2.44. The number of nitrogens with one attached hydrogen (secondary N) is 1. The van der Waals surface area contributed by atoms with Crippen LogP contribution < -0.4 is 5.32 Å². The van der Waals surface area contributed by atoms with E-state index in [1.807, 2.05) is 11.3 Å². The van der Waals surface area contributed by atoms with Gasteiger partial charge in [0, 0.05) is 16.8 Å². The zero-order valence-corrected chi connectivity index (χ0v) is 11.3. The van der Waals surface area contributed by atoms with E-state index in [1.54, 1.807) is 4.88 Å². The van der Waals surface area contributed by atoms with Crippen molar-refractivity contribution in [3.8, 4) is 0 Å². The molecule has 0 radical (unpaired) electrons. The molecule has 1 N–H and O–H groups in total. The minimum atomic E-state index is 0.189. The fourth-order valence-electron chi connectivity index (χ4n) is 3.43. The van der Waals surface area contributed by atoms with Crippen LogP contribution in [0.1, 0.15) is 48.6 Å². The molecule has 1 aromatic rings. The number of likely N-dealkylation sites (N-methyl/N-ethyl adjacent to an activating group) is 1. The van der Waals surface area contributed by atoms with Crippen LogP contribution in [-0.2, 0) is 11.2 Å². The van der Waals surface area contributed by atoms with E-state index < -0.39 is 0 Å². The molecule has 1 aliphatic heterocycles. The van der Waals surface area contributed by atoms with Gasteiger partial charge in [0.15, 0.2) is 0 Å². The average Bonchev–Trinajstić information content (AvgIpc) is 2.87. The summed E-state index contributed by atoms with van der Waals surface area (Å²) < 4.78 is 6.14. The molecule has 1 unspecified atom stereocenters. The van der Waals surface area contributed by atoms with E-state index in [1.165, 1.54) is 37.7 Å². The van der Waals surface area contributed by atoms with Gasteiger partial charge in [-0.1, -0.05) is 19.3 Å². The van der Waals surface area contributed by atoms with Gasteiger partial charge in [0.2, 0.25) is 0 Å². The Morgan fingerprint density at radius 3 is 2.94 bits per heavy atom. The fourth-order valence-corrected chi connectivity index (χ4v) is 4.32. The number of thiophene rings is 1. The number of hydrogen-bond donors (Lipinski definition) is 1. The molecule has 94 valence electrons. The first-order valence-electron chi connectivity index (χ1n) is 6.72. The summed E-state index contributed by atoms with van der Waals surface area (Å²) >= 11 is 1.89. The predicted octanol–water partition coefficient (Wildman–Crippen LogP) is 3.28. The van der Waals surface area contributed by atoms with Crippen molar-refractivity contribution in [1.82, 2.24) is 5.32 Å². The predicted molar refractivity (Wildman–Crippen MR) is 71.6 cm³/mol. The lowest BCUT2D eigenvalue weighted by Crippen LogP contribution is -2.51. The molecule has 2 aliphatic rings. The maximum atomic E-state index is 6.14. The zero-order chi connectivity index (χ0) is 11.7. The van der Waals surface area contributed by atoms with E-state index in [0.29, 0.717) is 0 Å². The third-order valence-electron chi connectivity index (χ3n) is 4.42. The summed E-state index contributed by atoms with van der Waals surface area (Å²) in [7, 11) is 2.11. The lowest BCUT2D eigenvalue weighted by molar-refractivity contribution is -0.0376. The second kappa shape index (κ2) is 4.71. The Balaban J connectivity index is 1.93. The summed E-state index contributed by atoms with van der Waals surface area (Å²) in [6.07, 6.45) is 7.94. The van der Waals surface area contributed by atoms with Gasteiger partial charge in [0.1, 0.15) is 6.10 Å². The molecule has 1 fully saturated rings. The Hall–Kier alpha value is -0.380. The van der Waals surface area contributed by atoms with Crippen LogP contribution in [0.5, 0.6) is 0 Å². The van der Waals surface area contributed by atoms with Crippen molar-refractivity contribution >= 4 is 11.3 Å². The Morgan fingerprint density at radius 2 is 2.18 bits per heavy atom. The van der Waals surface area contributed by atoms with Crippen molar-refractivity contribution < 1.29 is 4.74 Å². The van der Waals surface area contributed by atoms with E-state index in [4.69, 9.17) is 4.74 Å². The van der Waals surface area contributed by atoms with Gasteiger partial charge < -0.3 is 10.1 Å². The highest BCUT2D eigenvalue weighted by Gasteiger charge is 2.42. The molecular formula is C14H21NOS. The van der Waals surface area contributed by atoms with Crippen LogP contribution in [0.3, 0.4) is 0 Å². The van der Waals surface area contributed by atoms with Crippen molar-refractivity contribution in [2.75, 3.05) is 13.7 Å². The Kier molecular flexibility index (Phi) is 3.24. The maximum Gasteiger partial charge on any atom is 0.102 e. The molecule has 0 spiro atoms. The number of fused-ring (bicyclic) bond motifs is 1. The van der Waals surface area contributed by atoms with Crippen LogP contribution in [0.4, 0.5) is 0 Å². The summed E-state index contributed by atoms with van der Waals surface area (Å²) in [6.45, 7) is 0.890. The first kappa shape index (κ1) is 11.7. The van der Waals surface area contributed by atoms with Gasteiger partial charge in [-0.05, 0) is 36.9 Å². The summed E-state index contributed by atoms with van der Waals surface area (Å²) in [4.78, 5) is 1.54. The highest BCUT2D eigenvalue weighted by molar-refractivity contribution is 7.10. The Morgan fingerprint density at radius 1 is 1.35 bits per heavy atom. The number of rotatable bonds is 2. The van der Waals surface area contributed by atoms with Gasteiger partial charge in [-0.2, -0.15) is 0 Å². The Bertz CT molecular complexity index is 381.